The number of alkyl halides is 3. The van der Waals surface area contributed by atoms with E-state index in [2.05, 4.69) is 15.2 Å². The number of fused-ring (bicyclic) bond motifs is 1. The molecular formula is C16H30Cl3N3O2. The number of nitrogens with one attached hydrogen (secondary N) is 1. The van der Waals surface area contributed by atoms with Crippen LogP contribution in [0.5, 0.6) is 0 Å². The monoisotopic (exact) mass is 407 g/mol. The number of carbonyl (C=O) groups is 2. The number of carbonyl (C=O) groups excluding carboxylic acids is 2. The zero-order valence-electron chi connectivity index (χ0n) is 20.3. The molecule has 24 heavy (non-hydrogen) atoms. The number of guanidine groups is 1. The average Bonchev–Trinajstić information content (AvgIpc) is 2.59. The first-order valence-corrected chi connectivity index (χ1v) is 8.67. The summed E-state index contributed by atoms with van der Waals surface area (Å²) in [6.45, 7) is 6.06. The van der Waals surface area contributed by atoms with Crippen LogP contribution < -0.4 is 5.32 Å². The molecule has 2 aliphatic rings. The van der Waals surface area contributed by atoms with Crippen LogP contribution in [0.25, 0.3) is 0 Å². The maximum absolute atomic E-state index is 10.5. The summed E-state index contributed by atoms with van der Waals surface area (Å²) in [5.74, 6) is 0.0440. The SMILES string of the molecule is C1CN=C2NCCCN2C1.CCC(C)=O.[2H]C(Cl)(Cl)Cl.[2H]C([2H])([2H])C(=O)C([2H])([2H])C. The molecule has 1 saturated heterocycles. The van der Waals surface area contributed by atoms with Crippen LogP contribution in [-0.2, 0) is 9.59 Å². The van der Waals surface area contributed by atoms with Gasteiger partial charge in [0.1, 0.15) is 11.6 Å². The lowest BCUT2D eigenvalue weighted by atomic mass is 10.2. The summed E-state index contributed by atoms with van der Waals surface area (Å²) in [6, 6.07) is 0. The van der Waals surface area contributed by atoms with Gasteiger partial charge in [-0.2, -0.15) is 0 Å². The minimum atomic E-state index is -2.82. The number of halogens is 3. The van der Waals surface area contributed by atoms with Crippen LogP contribution in [0.15, 0.2) is 4.99 Å². The highest BCUT2D eigenvalue weighted by Gasteiger charge is 2.17. The van der Waals surface area contributed by atoms with Gasteiger partial charge in [-0.3, -0.25) is 4.99 Å². The zero-order chi connectivity index (χ0) is 24.2. The topological polar surface area (TPSA) is 61.8 Å². The minimum Gasteiger partial charge on any atom is -0.356 e. The highest BCUT2D eigenvalue weighted by Crippen LogP contribution is 2.05. The lowest BCUT2D eigenvalue weighted by Gasteiger charge is -2.33. The van der Waals surface area contributed by atoms with E-state index in [0.717, 1.165) is 26.0 Å². The lowest BCUT2D eigenvalue weighted by Crippen LogP contribution is -2.49. The van der Waals surface area contributed by atoms with E-state index in [1.165, 1.54) is 25.9 Å². The Labute approximate surface area is 169 Å². The molecule has 0 aliphatic carbocycles. The van der Waals surface area contributed by atoms with Gasteiger partial charge in [-0.15, -0.1) is 0 Å². The molecule has 0 amide bonds. The van der Waals surface area contributed by atoms with Crippen molar-refractivity contribution < 1.29 is 17.8 Å². The standard InChI is InChI=1S/C7H13N3.2C4H8O.CHCl3/c1-3-8-7-9-4-2-6-10(7)5-1;2*1-3-4(2)5;2-1(3)4/h1-6H2,(H,8,9);2*3H2,1-2H3;1H/i;2D3,3D2;;1D. The Balaban J connectivity index is 0. The van der Waals surface area contributed by atoms with Crippen LogP contribution >= 0.6 is 34.8 Å². The fourth-order valence-electron chi connectivity index (χ4n) is 1.51. The second-order valence-electron chi connectivity index (χ2n) is 4.68. The quantitative estimate of drug-likeness (QED) is 0.701. The Morgan fingerprint density at radius 1 is 1.33 bits per heavy atom. The van der Waals surface area contributed by atoms with E-state index in [1.807, 2.05) is 6.92 Å². The molecule has 0 spiro atoms. The third kappa shape index (κ3) is 19.5. The molecule has 1 N–H and O–H groups in total. The highest BCUT2D eigenvalue weighted by molar-refractivity contribution is 6.63. The van der Waals surface area contributed by atoms with Gasteiger partial charge in [0.2, 0.25) is 0 Å². The van der Waals surface area contributed by atoms with Gasteiger partial charge in [-0.25, -0.2) is 0 Å². The molecule has 2 rings (SSSR count). The van der Waals surface area contributed by atoms with Crippen molar-refractivity contribution in [1.29, 1.82) is 0 Å². The Hall–Kier alpha value is -0.520. The molecule has 0 aromatic heterocycles. The van der Waals surface area contributed by atoms with Crippen molar-refractivity contribution in [3.05, 3.63) is 0 Å². The van der Waals surface area contributed by atoms with Gasteiger partial charge in [0.15, 0.2) is 10.2 Å². The first kappa shape index (κ1) is 15.7. The predicted molar refractivity (Wildman–Crippen MR) is 104 cm³/mol. The summed E-state index contributed by atoms with van der Waals surface area (Å²) < 4.78 is 37.5. The van der Waals surface area contributed by atoms with Gasteiger partial charge in [-0.05, 0) is 26.6 Å². The molecule has 0 radical (unpaired) electrons. The second-order valence-corrected chi connectivity index (χ2v) is 6.39. The molecule has 2 aliphatic heterocycles. The summed E-state index contributed by atoms with van der Waals surface area (Å²) in [5.41, 5.74) is 0. The Bertz CT molecular complexity index is 542. The van der Waals surface area contributed by atoms with Crippen molar-refractivity contribution in [3.8, 4) is 0 Å². The fraction of sp³-hybridized carbons (Fsp3) is 0.812. The first-order chi connectivity index (χ1) is 13.4. The maximum Gasteiger partial charge on any atom is 0.193 e. The van der Waals surface area contributed by atoms with Crippen molar-refractivity contribution in [1.82, 2.24) is 10.2 Å². The van der Waals surface area contributed by atoms with E-state index < -0.39 is 23.3 Å². The zero-order valence-corrected chi connectivity index (χ0v) is 16.6. The Morgan fingerprint density at radius 2 is 1.88 bits per heavy atom. The van der Waals surface area contributed by atoms with Crippen LogP contribution in [-0.4, -0.2) is 52.9 Å². The molecule has 2 heterocycles. The molecule has 0 aromatic carbocycles. The van der Waals surface area contributed by atoms with Crippen LogP contribution in [0.2, 0.25) is 0 Å². The number of Topliss-reactive ketones (excluding diaryl/α,β-unsaturated/α-hetero) is 2. The van der Waals surface area contributed by atoms with E-state index in [0.29, 0.717) is 6.42 Å². The molecule has 0 bridgehead atoms. The van der Waals surface area contributed by atoms with Crippen molar-refractivity contribution in [2.45, 2.75) is 57.5 Å². The predicted octanol–water partition coefficient (Wildman–Crippen LogP) is 4.00. The van der Waals surface area contributed by atoms with E-state index in [9.17, 15) is 9.59 Å². The van der Waals surface area contributed by atoms with Crippen LogP contribution in [0.3, 0.4) is 0 Å². The number of aliphatic imine (C=N–C) groups is 1. The maximum atomic E-state index is 10.5. The third-order valence-corrected chi connectivity index (χ3v) is 2.76. The number of ketones is 2. The highest BCUT2D eigenvalue weighted by atomic mass is 35.6. The summed E-state index contributed by atoms with van der Waals surface area (Å²) in [5, 5.41) is 3.30. The molecule has 8 heteroatoms. The summed E-state index contributed by atoms with van der Waals surface area (Å²) in [7, 11) is 0. The van der Waals surface area contributed by atoms with Gasteiger partial charge in [0.05, 0.1) is 1.37 Å². The van der Waals surface area contributed by atoms with E-state index in [4.69, 9.17) is 43.0 Å². The summed E-state index contributed by atoms with van der Waals surface area (Å²) in [4.78, 5) is 27.1. The van der Waals surface area contributed by atoms with Crippen molar-refractivity contribution in [2.75, 3.05) is 26.2 Å². The lowest BCUT2D eigenvalue weighted by molar-refractivity contribution is -0.117. The average molecular weight is 409 g/mol. The van der Waals surface area contributed by atoms with Crippen molar-refractivity contribution >= 4 is 52.3 Å². The number of hydrogen-bond acceptors (Lipinski definition) is 5. The minimum absolute atomic E-state index is 0.255. The Kier molecular flexibility index (Phi) is 11.3. The van der Waals surface area contributed by atoms with E-state index in [1.54, 1.807) is 6.92 Å². The van der Waals surface area contributed by atoms with E-state index >= 15 is 0 Å². The molecule has 0 saturated carbocycles. The molecule has 5 nitrogen and oxygen atoms in total. The van der Waals surface area contributed by atoms with E-state index in [-0.39, 0.29) is 5.78 Å². The smallest absolute Gasteiger partial charge is 0.193 e. The van der Waals surface area contributed by atoms with Crippen molar-refractivity contribution in [2.24, 2.45) is 4.99 Å². The van der Waals surface area contributed by atoms with Gasteiger partial charge < -0.3 is 19.8 Å². The van der Waals surface area contributed by atoms with Gasteiger partial charge in [-0.1, -0.05) is 48.7 Å². The molecule has 0 unspecified atom stereocenters. The van der Waals surface area contributed by atoms with Crippen LogP contribution in [0, 0.1) is 0 Å². The fourth-order valence-corrected chi connectivity index (χ4v) is 1.51. The van der Waals surface area contributed by atoms with Gasteiger partial charge >= 0.3 is 0 Å². The number of rotatable bonds is 2. The second kappa shape index (κ2) is 17.3. The summed E-state index contributed by atoms with van der Waals surface area (Å²) in [6.07, 6.45) is 0.898. The van der Waals surface area contributed by atoms with Gasteiger partial charge in [0, 0.05) is 45.8 Å². The van der Waals surface area contributed by atoms with Gasteiger partial charge in [0.25, 0.3) is 0 Å². The molecule has 142 valence electrons. The normalized spacial score (nSPS) is 20.2. The number of nitrogens with zero attached hydrogens (tertiary/aromatic N) is 2. The summed E-state index contributed by atoms with van der Waals surface area (Å²) >= 11 is 14.2. The molecular weight excluding hydrogens is 373 g/mol. The van der Waals surface area contributed by atoms with Crippen LogP contribution in [0.4, 0.5) is 0 Å². The Morgan fingerprint density at radius 3 is 2.25 bits per heavy atom. The first-order valence-electron chi connectivity index (χ1n) is 10.5. The molecule has 0 atom stereocenters. The van der Waals surface area contributed by atoms with Crippen molar-refractivity contribution in [3.63, 3.8) is 0 Å². The van der Waals surface area contributed by atoms with Crippen LogP contribution in [0.1, 0.15) is 61.5 Å². The number of hydrogen-bond donors (Lipinski definition) is 1. The molecule has 0 aromatic rings. The third-order valence-electron chi connectivity index (χ3n) is 2.76. The largest absolute Gasteiger partial charge is 0.356 e. The molecule has 1 fully saturated rings.